The summed E-state index contributed by atoms with van der Waals surface area (Å²) in [6.07, 6.45) is 0.694. The highest BCUT2D eigenvalue weighted by Crippen LogP contribution is 2.55. The standard InChI is InChI=1S/C13H14O5/c1-18-10-5-3-2-4-8(10)9-6-7-13(9,11(14)15)12(16)17/h2-5,9H,6-7H2,1H3,(H,14,15)(H,16,17). The highest BCUT2D eigenvalue weighted by Gasteiger charge is 2.60. The third-order valence-corrected chi connectivity index (χ3v) is 3.70. The Kier molecular flexibility index (Phi) is 2.98. The van der Waals surface area contributed by atoms with E-state index < -0.39 is 23.3 Å². The average Bonchev–Trinajstić information content (AvgIpc) is 2.27. The van der Waals surface area contributed by atoms with Crippen molar-refractivity contribution in [1.29, 1.82) is 0 Å². The molecule has 1 aromatic rings. The minimum Gasteiger partial charge on any atom is -0.496 e. The van der Waals surface area contributed by atoms with E-state index in [0.29, 0.717) is 17.7 Å². The Morgan fingerprint density at radius 1 is 1.28 bits per heavy atom. The fraction of sp³-hybridized carbons (Fsp3) is 0.385. The third kappa shape index (κ3) is 1.54. The van der Waals surface area contributed by atoms with Crippen molar-refractivity contribution in [1.82, 2.24) is 0 Å². The highest BCUT2D eigenvalue weighted by molar-refractivity contribution is 6.00. The zero-order chi connectivity index (χ0) is 13.3. The summed E-state index contributed by atoms with van der Waals surface area (Å²) in [6.45, 7) is 0. The van der Waals surface area contributed by atoms with Gasteiger partial charge in [0.2, 0.25) is 0 Å². The molecule has 2 rings (SSSR count). The molecule has 2 N–H and O–H groups in total. The van der Waals surface area contributed by atoms with Crippen LogP contribution in [0.3, 0.4) is 0 Å². The molecule has 96 valence electrons. The van der Waals surface area contributed by atoms with Crippen molar-refractivity contribution in [2.24, 2.45) is 5.41 Å². The molecule has 0 aromatic heterocycles. The van der Waals surface area contributed by atoms with Crippen LogP contribution in [0.2, 0.25) is 0 Å². The van der Waals surface area contributed by atoms with E-state index in [2.05, 4.69) is 0 Å². The summed E-state index contributed by atoms with van der Waals surface area (Å²) in [6, 6.07) is 6.96. The summed E-state index contributed by atoms with van der Waals surface area (Å²) in [4.78, 5) is 22.6. The van der Waals surface area contributed by atoms with Gasteiger partial charge in [-0.25, -0.2) is 0 Å². The molecule has 0 saturated heterocycles. The maximum atomic E-state index is 11.3. The number of hydrogen-bond donors (Lipinski definition) is 2. The van der Waals surface area contributed by atoms with Crippen LogP contribution in [0.1, 0.15) is 24.3 Å². The first kappa shape index (κ1) is 12.4. The monoisotopic (exact) mass is 250 g/mol. The second-order valence-corrected chi connectivity index (χ2v) is 4.41. The first-order valence-corrected chi connectivity index (χ1v) is 5.63. The van der Waals surface area contributed by atoms with Gasteiger partial charge in [-0.1, -0.05) is 18.2 Å². The Morgan fingerprint density at radius 2 is 1.89 bits per heavy atom. The molecular weight excluding hydrogens is 236 g/mol. The molecule has 0 bridgehead atoms. The maximum absolute atomic E-state index is 11.3. The Labute approximate surface area is 104 Å². The van der Waals surface area contributed by atoms with Gasteiger partial charge in [0.15, 0.2) is 5.41 Å². The number of ether oxygens (including phenoxy) is 1. The topological polar surface area (TPSA) is 83.8 Å². The Morgan fingerprint density at radius 3 is 2.33 bits per heavy atom. The predicted molar refractivity (Wildman–Crippen MR) is 62.7 cm³/mol. The SMILES string of the molecule is COc1ccccc1C1CCC1(C(=O)O)C(=O)O. The van der Waals surface area contributed by atoms with E-state index in [4.69, 9.17) is 4.74 Å². The number of carbonyl (C=O) groups is 2. The van der Waals surface area contributed by atoms with Crippen molar-refractivity contribution in [2.45, 2.75) is 18.8 Å². The van der Waals surface area contributed by atoms with Gasteiger partial charge in [-0.2, -0.15) is 0 Å². The molecule has 1 aromatic carbocycles. The first-order chi connectivity index (χ1) is 8.54. The van der Waals surface area contributed by atoms with Gasteiger partial charge in [0, 0.05) is 5.92 Å². The lowest BCUT2D eigenvalue weighted by atomic mass is 9.57. The van der Waals surface area contributed by atoms with Crippen LogP contribution in [0.4, 0.5) is 0 Å². The molecule has 0 heterocycles. The quantitative estimate of drug-likeness (QED) is 0.795. The van der Waals surface area contributed by atoms with Gasteiger partial charge >= 0.3 is 11.9 Å². The summed E-state index contributed by atoms with van der Waals surface area (Å²) >= 11 is 0. The zero-order valence-electron chi connectivity index (χ0n) is 9.92. The van der Waals surface area contributed by atoms with E-state index in [1.165, 1.54) is 7.11 Å². The van der Waals surface area contributed by atoms with Crippen molar-refractivity contribution in [3.8, 4) is 5.75 Å². The van der Waals surface area contributed by atoms with Crippen molar-refractivity contribution in [2.75, 3.05) is 7.11 Å². The van der Waals surface area contributed by atoms with Crippen LogP contribution in [-0.4, -0.2) is 29.3 Å². The Bertz CT molecular complexity index is 480. The van der Waals surface area contributed by atoms with Gasteiger partial charge in [0.25, 0.3) is 0 Å². The molecule has 5 nitrogen and oxygen atoms in total. The molecule has 0 aliphatic heterocycles. The summed E-state index contributed by atoms with van der Waals surface area (Å²) in [5.74, 6) is -2.56. The molecule has 1 unspecified atom stereocenters. The molecule has 1 fully saturated rings. The molecule has 1 saturated carbocycles. The Balaban J connectivity index is 2.45. The van der Waals surface area contributed by atoms with Crippen molar-refractivity contribution >= 4 is 11.9 Å². The van der Waals surface area contributed by atoms with Crippen LogP contribution in [0.5, 0.6) is 5.75 Å². The van der Waals surface area contributed by atoms with E-state index in [-0.39, 0.29) is 6.42 Å². The number of aliphatic carboxylic acids is 2. The van der Waals surface area contributed by atoms with Crippen LogP contribution >= 0.6 is 0 Å². The lowest BCUT2D eigenvalue weighted by Gasteiger charge is -2.43. The lowest BCUT2D eigenvalue weighted by molar-refractivity contribution is -0.174. The van der Waals surface area contributed by atoms with E-state index in [0.717, 1.165) is 0 Å². The second-order valence-electron chi connectivity index (χ2n) is 4.41. The minimum atomic E-state index is -1.71. The molecule has 5 heteroatoms. The number of hydrogen-bond acceptors (Lipinski definition) is 3. The molecule has 1 aliphatic rings. The van der Waals surface area contributed by atoms with Gasteiger partial charge in [-0.15, -0.1) is 0 Å². The maximum Gasteiger partial charge on any atom is 0.321 e. The smallest absolute Gasteiger partial charge is 0.321 e. The van der Waals surface area contributed by atoms with Gasteiger partial charge in [0.1, 0.15) is 5.75 Å². The summed E-state index contributed by atoms with van der Waals surface area (Å²) < 4.78 is 5.17. The number of carboxylic acid groups (broad SMARTS) is 2. The minimum absolute atomic E-state index is 0.153. The number of methoxy groups -OCH3 is 1. The molecule has 0 radical (unpaired) electrons. The average molecular weight is 250 g/mol. The van der Waals surface area contributed by atoms with E-state index in [1.54, 1.807) is 24.3 Å². The largest absolute Gasteiger partial charge is 0.496 e. The van der Waals surface area contributed by atoms with Crippen LogP contribution in [0, 0.1) is 5.41 Å². The molecule has 1 aliphatic carbocycles. The van der Waals surface area contributed by atoms with E-state index in [9.17, 15) is 19.8 Å². The summed E-state index contributed by atoms with van der Waals surface area (Å²) in [5.41, 5.74) is -1.06. The molecule has 18 heavy (non-hydrogen) atoms. The predicted octanol–water partition coefficient (Wildman–Crippen LogP) is 1.73. The number of carboxylic acids is 2. The molecule has 0 spiro atoms. The first-order valence-electron chi connectivity index (χ1n) is 5.63. The van der Waals surface area contributed by atoms with Crippen molar-refractivity contribution in [3.63, 3.8) is 0 Å². The summed E-state index contributed by atoms with van der Waals surface area (Å²) in [7, 11) is 1.49. The number of benzene rings is 1. The summed E-state index contributed by atoms with van der Waals surface area (Å²) in [5, 5.41) is 18.5. The lowest BCUT2D eigenvalue weighted by Crippen LogP contribution is -2.51. The third-order valence-electron chi connectivity index (χ3n) is 3.70. The molecular formula is C13H14O5. The zero-order valence-corrected chi connectivity index (χ0v) is 9.92. The van der Waals surface area contributed by atoms with Gasteiger partial charge in [-0.05, 0) is 24.5 Å². The van der Waals surface area contributed by atoms with Crippen LogP contribution in [0.25, 0.3) is 0 Å². The highest BCUT2D eigenvalue weighted by atomic mass is 16.5. The van der Waals surface area contributed by atoms with E-state index in [1.807, 2.05) is 0 Å². The van der Waals surface area contributed by atoms with Gasteiger partial charge in [0.05, 0.1) is 7.11 Å². The van der Waals surface area contributed by atoms with E-state index >= 15 is 0 Å². The van der Waals surface area contributed by atoms with Crippen LogP contribution in [0.15, 0.2) is 24.3 Å². The van der Waals surface area contributed by atoms with Gasteiger partial charge in [-0.3, -0.25) is 9.59 Å². The van der Waals surface area contributed by atoms with Crippen molar-refractivity contribution in [3.05, 3.63) is 29.8 Å². The van der Waals surface area contributed by atoms with Crippen molar-refractivity contribution < 1.29 is 24.5 Å². The fourth-order valence-electron chi connectivity index (χ4n) is 2.56. The Hall–Kier alpha value is -2.04. The van der Waals surface area contributed by atoms with Gasteiger partial charge < -0.3 is 14.9 Å². The number of para-hydroxylation sites is 1. The fourth-order valence-corrected chi connectivity index (χ4v) is 2.56. The van der Waals surface area contributed by atoms with Crippen LogP contribution < -0.4 is 4.74 Å². The molecule has 1 atom stereocenters. The number of rotatable bonds is 4. The second kappa shape index (κ2) is 4.33. The van der Waals surface area contributed by atoms with Crippen LogP contribution in [-0.2, 0) is 9.59 Å². The molecule has 0 amide bonds. The normalized spacial score (nSPS) is 20.8.